The Morgan fingerprint density at radius 1 is 1.08 bits per heavy atom. The predicted octanol–water partition coefficient (Wildman–Crippen LogP) is 2.21. The first kappa shape index (κ1) is 18.0. The van der Waals surface area contributed by atoms with Crippen molar-refractivity contribution in [3.05, 3.63) is 71.0 Å². The van der Waals surface area contributed by atoms with Crippen LogP contribution in [0.5, 0.6) is 0 Å². The van der Waals surface area contributed by atoms with Gasteiger partial charge in [-0.25, -0.2) is 13.2 Å². The van der Waals surface area contributed by atoms with Crippen LogP contribution in [0, 0.1) is 28.8 Å². The number of benzene rings is 2. The van der Waals surface area contributed by atoms with Crippen molar-refractivity contribution in [2.24, 2.45) is 0 Å². The number of halogens is 3. The first-order valence-corrected chi connectivity index (χ1v) is 7.08. The summed E-state index contributed by atoms with van der Waals surface area (Å²) in [6, 6.07) is 7.80. The van der Waals surface area contributed by atoms with Crippen molar-refractivity contribution < 1.29 is 22.8 Å². The van der Waals surface area contributed by atoms with Crippen molar-refractivity contribution in [1.82, 2.24) is 10.6 Å². The van der Waals surface area contributed by atoms with Crippen molar-refractivity contribution in [2.75, 3.05) is 6.54 Å². The van der Waals surface area contributed by atoms with Gasteiger partial charge in [0.1, 0.15) is 23.5 Å². The molecule has 2 aromatic rings. The Kier molecular flexibility index (Phi) is 5.74. The Bertz CT molecular complexity index is 849. The molecule has 0 heterocycles. The van der Waals surface area contributed by atoms with Gasteiger partial charge in [-0.1, -0.05) is 12.1 Å². The molecule has 8 heteroatoms. The molecule has 2 aromatic carbocycles. The number of nitrogens with one attached hydrogen (secondary N) is 2. The Balaban J connectivity index is 1.96. The number of rotatable bonds is 5. The summed E-state index contributed by atoms with van der Waals surface area (Å²) in [5.74, 6) is -3.84. The van der Waals surface area contributed by atoms with Crippen LogP contribution in [0.3, 0.4) is 0 Å². The number of nitriles is 1. The molecule has 1 unspecified atom stereocenters. The minimum Gasteiger partial charge on any atom is -0.343 e. The fourth-order valence-electron chi connectivity index (χ4n) is 2.02. The van der Waals surface area contributed by atoms with E-state index >= 15 is 0 Å². The van der Waals surface area contributed by atoms with E-state index in [-0.39, 0.29) is 11.1 Å². The van der Waals surface area contributed by atoms with E-state index < -0.39 is 41.9 Å². The molecule has 0 aliphatic heterocycles. The smallest absolute Gasteiger partial charge is 0.251 e. The van der Waals surface area contributed by atoms with Crippen LogP contribution in [0.15, 0.2) is 42.5 Å². The van der Waals surface area contributed by atoms with E-state index in [1.165, 1.54) is 12.1 Å². The van der Waals surface area contributed by atoms with E-state index in [4.69, 9.17) is 5.26 Å². The van der Waals surface area contributed by atoms with Gasteiger partial charge in [0.25, 0.3) is 5.91 Å². The fourth-order valence-corrected chi connectivity index (χ4v) is 2.02. The van der Waals surface area contributed by atoms with Crippen molar-refractivity contribution >= 4 is 11.8 Å². The molecule has 0 fully saturated rings. The highest BCUT2D eigenvalue weighted by Gasteiger charge is 2.18. The van der Waals surface area contributed by atoms with Crippen LogP contribution in [0.25, 0.3) is 0 Å². The number of hydrogen-bond acceptors (Lipinski definition) is 3. The molecular formula is C17H12F3N3O2. The van der Waals surface area contributed by atoms with E-state index in [1.54, 1.807) is 6.07 Å². The van der Waals surface area contributed by atoms with Gasteiger partial charge in [0.05, 0.1) is 12.6 Å². The average Bonchev–Trinajstić information content (AvgIpc) is 2.58. The van der Waals surface area contributed by atoms with Gasteiger partial charge in [-0.15, -0.1) is 0 Å². The van der Waals surface area contributed by atoms with Gasteiger partial charge in [0.2, 0.25) is 5.91 Å². The van der Waals surface area contributed by atoms with E-state index in [0.29, 0.717) is 6.07 Å². The summed E-state index contributed by atoms with van der Waals surface area (Å²) >= 11 is 0. The Labute approximate surface area is 141 Å². The van der Waals surface area contributed by atoms with E-state index in [1.807, 2.05) is 0 Å². The molecule has 1 atom stereocenters. The summed E-state index contributed by atoms with van der Waals surface area (Å²) in [5, 5.41) is 13.5. The van der Waals surface area contributed by atoms with Crippen molar-refractivity contribution in [3.63, 3.8) is 0 Å². The number of amides is 2. The maximum Gasteiger partial charge on any atom is 0.251 e. The summed E-state index contributed by atoms with van der Waals surface area (Å²) in [6.45, 7) is -0.504. The third kappa shape index (κ3) is 4.81. The maximum atomic E-state index is 13.7. The predicted molar refractivity (Wildman–Crippen MR) is 81.6 cm³/mol. The van der Waals surface area contributed by atoms with Crippen LogP contribution < -0.4 is 10.6 Å². The zero-order chi connectivity index (χ0) is 18.4. The number of carbonyl (C=O) groups excluding carboxylic acids is 2. The number of hydrogen-bond donors (Lipinski definition) is 2. The summed E-state index contributed by atoms with van der Waals surface area (Å²) in [4.78, 5) is 23.6. The van der Waals surface area contributed by atoms with Crippen LogP contribution in [0.4, 0.5) is 13.2 Å². The van der Waals surface area contributed by atoms with E-state index in [2.05, 4.69) is 10.6 Å². The van der Waals surface area contributed by atoms with Crippen LogP contribution in [0.2, 0.25) is 0 Å². The molecule has 5 nitrogen and oxygen atoms in total. The molecule has 0 aliphatic rings. The topological polar surface area (TPSA) is 82.0 Å². The van der Waals surface area contributed by atoms with Crippen LogP contribution in [0.1, 0.15) is 22.0 Å². The maximum absolute atomic E-state index is 13.7. The van der Waals surface area contributed by atoms with Crippen LogP contribution in [-0.2, 0) is 4.79 Å². The molecule has 0 aliphatic carbocycles. The van der Waals surface area contributed by atoms with Crippen molar-refractivity contribution in [1.29, 1.82) is 5.26 Å². The number of carbonyl (C=O) groups is 2. The summed E-state index contributed by atoms with van der Waals surface area (Å²) < 4.78 is 39.6. The van der Waals surface area contributed by atoms with Gasteiger partial charge in [-0.3, -0.25) is 9.59 Å². The van der Waals surface area contributed by atoms with Crippen molar-refractivity contribution in [2.45, 2.75) is 6.04 Å². The van der Waals surface area contributed by atoms with Gasteiger partial charge in [0.15, 0.2) is 0 Å². The quantitative estimate of drug-likeness (QED) is 0.870. The molecule has 0 aromatic heterocycles. The fraction of sp³-hybridized carbons (Fsp3) is 0.118. The number of nitrogens with zero attached hydrogens (tertiary/aromatic N) is 1. The third-order valence-electron chi connectivity index (χ3n) is 3.20. The average molecular weight is 347 g/mol. The SMILES string of the molecule is N#CC(NC(=O)CNC(=O)c1cccc(F)c1)c1ccc(F)cc1F. The largest absolute Gasteiger partial charge is 0.343 e. The second-order valence-corrected chi connectivity index (χ2v) is 4.99. The Morgan fingerprint density at radius 3 is 2.44 bits per heavy atom. The molecule has 128 valence electrons. The summed E-state index contributed by atoms with van der Waals surface area (Å²) in [5.41, 5.74) is -0.178. The van der Waals surface area contributed by atoms with Gasteiger partial charge in [-0.05, 0) is 24.3 Å². The molecule has 0 spiro atoms. The van der Waals surface area contributed by atoms with Crippen LogP contribution in [-0.4, -0.2) is 18.4 Å². The lowest BCUT2D eigenvalue weighted by Crippen LogP contribution is -2.38. The van der Waals surface area contributed by atoms with Gasteiger partial charge in [0, 0.05) is 17.2 Å². The Morgan fingerprint density at radius 2 is 1.80 bits per heavy atom. The minimum atomic E-state index is -1.35. The second-order valence-electron chi connectivity index (χ2n) is 4.99. The molecule has 25 heavy (non-hydrogen) atoms. The molecule has 2 amide bonds. The molecule has 0 bridgehead atoms. The van der Waals surface area contributed by atoms with Crippen molar-refractivity contribution in [3.8, 4) is 6.07 Å². The third-order valence-corrected chi connectivity index (χ3v) is 3.20. The molecule has 0 saturated carbocycles. The first-order valence-electron chi connectivity index (χ1n) is 7.08. The van der Waals surface area contributed by atoms with E-state index in [9.17, 15) is 22.8 Å². The highest BCUT2D eigenvalue weighted by molar-refractivity contribution is 5.96. The highest BCUT2D eigenvalue weighted by atomic mass is 19.1. The lowest BCUT2D eigenvalue weighted by molar-refractivity contribution is -0.120. The minimum absolute atomic E-state index is 0.0224. The van der Waals surface area contributed by atoms with Gasteiger partial charge >= 0.3 is 0 Å². The summed E-state index contributed by atoms with van der Waals surface area (Å²) in [6.07, 6.45) is 0. The molecule has 2 rings (SSSR count). The highest BCUT2D eigenvalue weighted by Crippen LogP contribution is 2.17. The normalized spacial score (nSPS) is 11.3. The van der Waals surface area contributed by atoms with Gasteiger partial charge in [-0.2, -0.15) is 5.26 Å². The second kappa shape index (κ2) is 7.97. The van der Waals surface area contributed by atoms with Crippen LogP contribution >= 0.6 is 0 Å². The molecule has 0 radical (unpaired) electrons. The monoisotopic (exact) mass is 347 g/mol. The zero-order valence-corrected chi connectivity index (χ0v) is 12.7. The Hall–Kier alpha value is -3.34. The van der Waals surface area contributed by atoms with E-state index in [0.717, 1.165) is 24.3 Å². The zero-order valence-electron chi connectivity index (χ0n) is 12.7. The lowest BCUT2D eigenvalue weighted by Gasteiger charge is -2.13. The molecular weight excluding hydrogens is 335 g/mol. The summed E-state index contributed by atoms with van der Waals surface area (Å²) in [7, 11) is 0. The molecule has 0 saturated heterocycles. The lowest BCUT2D eigenvalue weighted by atomic mass is 10.1. The first-order chi connectivity index (χ1) is 11.9. The molecule has 2 N–H and O–H groups in total. The standard InChI is InChI=1S/C17H12F3N3O2/c18-11-3-1-2-10(6-11)17(25)22-9-16(24)23-15(8-21)13-5-4-12(19)7-14(13)20/h1-7,15H,9H2,(H,22,25)(H,23,24). The van der Waals surface area contributed by atoms with Gasteiger partial charge < -0.3 is 10.6 Å².